The van der Waals surface area contributed by atoms with Gasteiger partial charge in [-0.2, -0.15) is 5.26 Å². The SMILES string of the molecule is CC(CC1CCC(CCC2CCC(c3ccc(C#N)c(F)c3)CC2)CC1)c1ccccc1. The van der Waals surface area contributed by atoms with Gasteiger partial charge in [0.1, 0.15) is 11.9 Å². The van der Waals surface area contributed by atoms with Crippen LogP contribution in [0.2, 0.25) is 0 Å². The maximum atomic E-state index is 14.0. The second-order valence-corrected chi connectivity index (χ2v) is 10.6. The summed E-state index contributed by atoms with van der Waals surface area (Å²) in [4.78, 5) is 0. The Morgan fingerprint density at radius 1 is 0.844 bits per heavy atom. The van der Waals surface area contributed by atoms with Gasteiger partial charge in [0.05, 0.1) is 5.56 Å². The summed E-state index contributed by atoms with van der Waals surface area (Å²) in [5.41, 5.74) is 2.74. The first-order valence-electron chi connectivity index (χ1n) is 12.9. The summed E-state index contributed by atoms with van der Waals surface area (Å²) in [6.07, 6.45) is 14.7. The summed E-state index contributed by atoms with van der Waals surface area (Å²) in [5.74, 6) is 3.48. The van der Waals surface area contributed by atoms with Crippen LogP contribution in [0.1, 0.15) is 106 Å². The summed E-state index contributed by atoms with van der Waals surface area (Å²) in [6, 6.07) is 18.1. The van der Waals surface area contributed by atoms with E-state index in [0.29, 0.717) is 11.8 Å². The van der Waals surface area contributed by atoms with Crippen LogP contribution in [-0.4, -0.2) is 0 Å². The minimum atomic E-state index is -0.360. The Kier molecular flexibility index (Phi) is 8.01. The summed E-state index contributed by atoms with van der Waals surface area (Å²) in [7, 11) is 0. The zero-order valence-electron chi connectivity index (χ0n) is 19.6. The molecule has 0 bridgehead atoms. The summed E-state index contributed by atoms with van der Waals surface area (Å²) in [6.45, 7) is 2.39. The van der Waals surface area contributed by atoms with Crippen molar-refractivity contribution in [1.29, 1.82) is 5.26 Å². The van der Waals surface area contributed by atoms with E-state index in [1.54, 1.807) is 12.1 Å². The van der Waals surface area contributed by atoms with Crippen molar-refractivity contribution in [1.82, 2.24) is 0 Å². The van der Waals surface area contributed by atoms with E-state index in [1.165, 1.54) is 76.2 Å². The van der Waals surface area contributed by atoms with Crippen molar-refractivity contribution in [2.24, 2.45) is 17.8 Å². The molecule has 1 unspecified atom stereocenters. The molecule has 0 heterocycles. The number of hydrogen-bond donors (Lipinski definition) is 0. The van der Waals surface area contributed by atoms with Crippen molar-refractivity contribution in [3.8, 4) is 6.07 Å². The molecule has 0 amide bonds. The first kappa shape index (κ1) is 23.0. The lowest BCUT2D eigenvalue weighted by Gasteiger charge is -2.33. The van der Waals surface area contributed by atoms with Gasteiger partial charge in [-0.15, -0.1) is 0 Å². The zero-order chi connectivity index (χ0) is 22.3. The van der Waals surface area contributed by atoms with Crippen LogP contribution in [0.15, 0.2) is 48.5 Å². The fraction of sp³-hybridized carbons (Fsp3) is 0.567. The average molecular weight is 432 g/mol. The molecule has 2 aliphatic carbocycles. The largest absolute Gasteiger partial charge is 0.206 e. The Morgan fingerprint density at radius 3 is 2.03 bits per heavy atom. The number of rotatable bonds is 7. The monoisotopic (exact) mass is 431 g/mol. The van der Waals surface area contributed by atoms with Crippen LogP contribution in [0.3, 0.4) is 0 Å². The van der Waals surface area contributed by atoms with Gasteiger partial charge in [0.25, 0.3) is 0 Å². The third-order valence-electron chi connectivity index (χ3n) is 8.44. The summed E-state index contributed by atoms with van der Waals surface area (Å²) < 4.78 is 14.0. The van der Waals surface area contributed by atoms with Crippen molar-refractivity contribution in [2.75, 3.05) is 0 Å². The van der Waals surface area contributed by atoms with Crippen LogP contribution in [-0.2, 0) is 0 Å². The van der Waals surface area contributed by atoms with Crippen LogP contribution in [0.4, 0.5) is 4.39 Å². The van der Waals surface area contributed by atoms with Gasteiger partial charge in [-0.1, -0.05) is 81.8 Å². The standard InChI is InChI=1S/C30H38FN/c1-22(26-5-3-2-4-6-26)19-25-11-9-23(10-12-25)7-8-24-13-15-27(16-14-24)28-17-18-29(21-32)30(31)20-28/h2-6,17-18,20,22-25,27H,7-16,19H2,1H3. The number of benzene rings is 2. The molecule has 2 saturated carbocycles. The smallest absolute Gasteiger partial charge is 0.141 e. The lowest BCUT2D eigenvalue weighted by Crippen LogP contribution is -2.18. The highest BCUT2D eigenvalue weighted by Gasteiger charge is 2.26. The Balaban J connectivity index is 1.15. The average Bonchev–Trinajstić information content (AvgIpc) is 2.84. The van der Waals surface area contributed by atoms with Gasteiger partial charge < -0.3 is 0 Å². The van der Waals surface area contributed by atoms with Gasteiger partial charge in [0.2, 0.25) is 0 Å². The third-order valence-corrected chi connectivity index (χ3v) is 8.44. The highest BCUT2D eigenvalue weighted by molar-refractivity contribution is 5.35. The molecule has 2 fully saturated rings. The van der Waals surface area contributed by atoms with Gasteiger partial charge in [0, 0.05) is 0 Å². The van der Waals surface area contributed by atoms with Crippen molar-refractivity contribution in [2.45, 2.75) is 89.4 Å². The molecule has 0 aliphatic heterocycles. The van der Waals surface area contributed by atoms with E-state index in [9.17, 15) is 4.39 Å². The van der Waals surface area contributed by atoms with Crippen LogP contribution in [0.5, 0.6) is 0 Å². The Hall–Kier alpha value is -2.14. The summed E-state index contributed by atoms with van der Waals surface area (Å²) >= 11 is 0. The minimum absolute atomic E-state index is 0.159. The lowest BCUT2D eigenvalue weighted by molar-refractivity contribution is 0.220. The molecule has 0 saturated heterocycles. The van der Waals surface area contributed by atoms with E-state index in [0.717, 1.165) is 23.3 Å². The Bertz CT molecular complexity index is 883. The fourth-order valence-corrected chi connectivity index (χ4v) is 6.31. The van der Waals surface area contributed by atoms with Crippen molar-refractivity contribution < 1.29 is 4.39 Å². The quantitative estimate of drug-likeness (QED) is 0.430. The second-order valence-electron chi connectivity index (χ2n) is 10.6. The van der Waals surface area contributed by atoms with Gasteiger partial charge >= 0.3 is 0 Å². The van der Waals surface area contributed by atoms with E-state index < -0.39 is 0 Å². The van der Waals surface area contributed by atoms with E-state index in [4.69, 9.17) is 5.26 Å². The van der Waals surface area contributed by atoms with Crippen molar-refractivity contribution in [3.63, 3.8) is 0 Å². The lowest BCUT2D eigenvalue weighted by atomic mass is 9.73. The van der Waals surface area contributed by atoms with Crippen molar-refractivity contribution in [3.05, 3.63) is 71.0 Å². The molecule has 2 heteroatoms. The number of halogens is 1. The fourth-order valence-electron chi connectivity index (χ4n) is 6.31. The molecule has 0 N–H and O–H groups in total. The third kappa shape index (κ3) is 6.00. The first-order chi connectivity index (χ1) is 15.6. The Labute approximate surface area is 194 Å². The Morgan fingerprint density at radius 2 is 1.44 bits per heavy atom. The molecule has 1 atom stereocenters. The van der Waals surface area contributed by atoms with Gasteiger partial charge in [-0.05, 0) is 85.0 Å². The molecule has 0 radical (unpaired) electrons. The highest BCUT2D eigenvalue weighted by Crippen LogP contribution is 2.41. The topological polar surface area (TPSA) is 23.8 Å². The molecule has 2 aliphatic rings. The normalized spacial score (nSPS) is 26.9. The molecule has 4 rings (SSSR count). The molecule has 32 heavy (non-hydrogen) atoms. The number of nitriles is 1. The minimum Gasteiger partial charge on any atom is -0.206 e. The molecular formula is C30H38FN. The predicted molar refractivity (Wildman–Crippen MR) is 130 cm³/mol. The van der Waals surface area contributed by atoms with Gasteiger partial charge in [-0.25, -0.2) is 4.39 Å². The summed E-state index contributed by atoms with van der Waals surface area (Å²) in [5, 5.41) is 8.93. The van der Waals surface area contributed by atoms with Gasteiger partial charge in [0.15, 0.2) is 0 Å². The molecule has 0 spiro atoms. The van der Waals surface area contributed by atoms with E-state index in [1.807, 2.05) is 12.1 Å². The van der Waals surface area contributed by atoms with Crippen LogP contribution in [0.25, 0.3) is 0 Å². The van der Waals surface area contributed by atoms with Gasteiger partial charge in [-0.3, -0.25) is 0 Å². The van der Waals surface area contributed by atoms with Crippen LogP contribution in [0, 0.1) is 34.9 Å². The second kappa shape index (κ2) is 11.1. The predicted octanol–water partition coefficient (Wildman–Crippen LogP) is 8.75. The van der Waals surface area contributed by atoms with Crippen LogP contribution >= 0.6 is 0 Å². The van der Waals surface area contributed by atoms with Crippen LogP contribution < -0.4 is 0 Å². The maximum Gasteiger partial charge on any atom is 0.141 e. The first-order valence-corrected chi connectivity index (χ1v) is 12.9. The molecule has 170 valence electrons. The van der Waals surface area contributed by atoms with E-state index in [2.05, 4.69) is 37.3 Å². The number of hydrogen-bond acceptors (Lipinski definition) is 1. The molecule has 1 nitrogen and oxygen atoms in total. The van der Waals surface area contributed by atoms with E-state index >= 15 is 0 Å². The highest BCUT2D eigenvalue weighted by atomic mass is 19.1. The molecule has 2 aromatic rings. The maximum absolute atomic E-state index is 14.0. The van der Waals surface area contributed by atoms with E-state index in [-0.39, 0.29) is 11.4 Å². The molecular weight excluding hydrogens is 393 g/mol. The zero-order valence-corrected chi connectivity index (χ0v) is 19.6. The molecule has 2 aromatic carbocycles. The number of nitrogens with zero attached hydrogens (tertiary/aromatic N) is 1. The molecule has 0 aromatic heterocycles. The van der Waals surface area contributed by atoms with Crippen molar-refractivity contribution >= 4 is 0 Å².